The molecule has 0 aromatic carbocycles. The smallest absolute Gasteiger partial charge is 0.0116 e. The Hall–Kier alpha value is 0.270. The third kappa shape index (κ3) is 3.94. The van der Waals surface area contributed by atoms with E-state index in [0.717, 1.165) is 5.92 Å². The van der Waals surface area contributed by atoms with Gasteiger partial charge >= 0.3 is 0 Å². The zero-order valence-corrected chi connectivity index (χ0v) is 11.6. The van der Waals surface area contributed by atoms with Crippen LogP contribution in [0.2, 0.25) is 0 Å². The van der Waals surface area contributed by atoms with Crippen molar-refractivity contribution in [3.63, 3.8) is 0 Å². The normalized spacial score (nSPS) is 28.9. The summed E-state index contributed by atoms with van der Waals surface area (Å²) < 4.78 is 0.503. The fraction of sp³-hybridized carbons (Fsp3) is 1.00. The molecule has 0 radical (unpaired) electrons. The molecule has 0 bridgehead atoms. The first-order chi connectivity index (χ1) is 7.66. The highest BCUT2D eigenvalue weighted by Gasteiger charge is 2.25. The highest BCUT2D eigenvalue weighted by atomic mass is 32.2. The summed E-state index contributed by atoms with van der Waals surface area (Å²) in [6.07, 6.45) is 4.11. The van der Waals surface area contributed by atoms with E-state index in [1.165, 1.54) is 57.7 Å². The zero-order chi connectivity index (χ0) is 11.4. The van der Waals surface area contributed by atoms with E-state index in [1.807, 2.05) is 0 Å². The molecule has 0 unspecified atom stereocenters. The molecule has 0 spiro atoms. The van der Waals surface area contributed by atoms with Crippen molar-refractivity contribution < 1.29 is 0 Å². The van der Waals surface area contributed by atoms with Crippen LogP contribution in [-0.2, 0) is 0 Å². The van der Waals surface area contributed by atoms with Gasteiger partial charge in [0, 0.05) is 23.6 Å². The molecule has 2 heterocycles. The molecule has 0 saturated carbocycles. The molecule has 0 amide bonds. The van der Waals surface area contributed by atoms with Crippen molar-refractivity contribution in [2.24, 2.45) is 5.92 Å². The molecule has 16 heavy (non-hydrogen) atoms. The van der Waals surface area contributed by atoms with Crippen molar-refractivity contribution >= 4 is 11.8 Å². The second-order valence-electron chi connectivity index (χ2n) is 5.85. The lowest BCUT2D eigenvalue weighted by atomic mass is 9.97. The fourth-order valence-corrected chi connectivity index (χ4v) is 3.81. The molecule has 94 valence electrons. The predicted octanol–water partition coefficient (Wildman–Crippen LogP) is 2.20. The lowest BCUT2D eigenvalue weighted by Gasteiger charge is -2.29. The van der Waals surface area contributed by atoms with Gasteiger partial charge in [0.25, 0.3) is 0 Å². The van der Waals surface area contributed by atoms with Crippen LogP contribution in [0.15, 0.2) is 0 Å². The summed E-state index contributed by atoms with van der Waals surface area (Å²) in [5, 5.41) is 3.45. The molecular formula is C13H26N2S. The molecule has 2 aliphatic heterocycles. The van der Waals surface area contributed by atoms with Gasteiger partial charge in [0.2, 0.25) is 0 Å². The van der Waals surface area contributed by atoms with Gasteiger partial charge in [-0.1, -0.05) is 13.8 Å². The molecule has 0 aliphatic carbocycles. The van der Waals surface area contributed by atoms with E-state index in [4.69, 9.17) is 0 Å². The minimum absolute atomic E-state index is 0.503. The average molecular weight is 242 g/mol. The lowest BCUT2D eigenvalue weighted by molar-refractivity contribution is 0.212. The van der Waals surface area contributed by atoms with E-state index in [-0.39, 0.29) is 0 Å². The maximum atomic E-state index is 3.45. The van der Waals surface area contributed by atoms with Gasteiger partial charge in [-0.2, -0.15) is 11.8 Å². The number of nitrogens with one attached hydrogen (secondary N) is 1. The van der Waals surface area contributed by atoms with Gasteiger partial charge in [0.15, 0.2) is 0 Å². The van der Waals surface area contributed by atoms with Crippen molar-refractivity contribution in [1.82, 2.24) is 10.2 Å². The van der Waals surface area contributed by atoms with Crippen molar-refractivity contribution in [3.8, 4) is 0 Å². The van der Waals surface area contributed by atoms with Crippen molar-refractivity contribution in [2.75, 3.05) is 38.5 Å². The first-order valence-electron chi connectivity index (χ1n) is 6.73. The van der Waals surface area contributed by atoms with E-state index < -0.39 is 0 Å². The molecule has 0 atom stereocenters. The van der Waals surface area contributed by atoms with Crippen LogP contribution in [0, 0.1) is 5.92 Å². The van der Waals surface area contributed by atoms with E-state index in [9.17, 15) is 0 Å². The largest absolute Gasteiger partial charge is 0.317 e. The fourth-order valence-electron chi connectivity index (χ4n) is 2.67. The number of piperidine rings is 1. The van der Waals surface area contributed by atoms with E-state index >= 15 is 0 Å². The standard InChI is InChI=1S/C13H26N2S/c1-13(2)5-8-15(9-10-16-13)11-12-3-6-14-7-4-12/h12,14H,3-11H2,1-2H3. The minimum atomic E-state index is 0.503. The molecule has 0 aromatic heterocycles. The topological polar surface area (TPSA) is 15.3 Å². The van der Waals surface area contributed by atoms with Gasteiger partial charge in [0.1, 0.15) is 0 Å². The first kappa shape index (κ1) is 12.7. The van der Waals surface area contributed by atoms with Crippen LogP contribution in [0.5, 0.6) is 0 Å². The predicted molar refractivity (Wildman–Crippen MR) is 73.2 cm³/mol. The van der Waals surface area contributed by atoms with Gasteiger partial charge in [-0.15, -0.1) is 0 Å². The summed E-state index contributed by atoms with van der Waals surface area (Å²) in [4.78, 5) is 2.71. The Morgan fingerprint density at radius 3 is 2.75 bits per heavy atom. The number of rotatable bonds is 2. The monoisotopic (exact) mass is 242 g/mol. The molecule has 3 heteroatoms. The Kier molecular flexibility index (Phi) is 4.57. The number of thioether (sulfide) groups is 1. The molecule has 2 nitrogen and oxygen atoms in total. The summed E-state index contributed by atoms with van der Waals surface area (Å²) in [6.45, 7) is 11.2. The summed E-state index contributed by atoms with van der Waals surface area (Å²) in [6, 6.07) is 0. The van der Waals surface area contributed by atoms with Gasteiger partial charge in [-0.05, 0) is 44.8 Å². The molecule has 2 aliphatic rings. The maximum absolute atomic E-state index is 3.45. The Morgan fingerprint density at radius 1 is 1.25 bits per heavy atom. The number of nitrogens with zero attached hydrogens (tertiary/aromatic N) is 1. The summed E-state index contributed by atoms with van der Waals surface area (Å²) in [5.41, 5.74) is 0. The Morgan fingerprint density at radius 2 is 2.00 bits per heavy atom. The third-order valence-electron chi connectivity index (χ3n) is 3.91. The van der Waals surface area contributed by atoms with Gasteiger partial charge in [-0.25, -0.2) is 0 Å². The van der Waals surface area contributed by atoms with Crippen LogP contribution >= 0.6 is 11.8 Å². The van der Waals surface area contributed by atoms with E-state index in [2.05, 4.69) is 35.8 Å². The molecule has 2 rings (SSSR count). The molecule has 1 N–H and O–H groups in total. The highest BCUT2D eigenvalue weighted by molar-refractivity contribution is 8.00. The molecular weight excluding hydrogens is 216 g/mol. The third-order valence-corrected chi connectivity index (χ3v) is 5.28. The van der Waals surface area contributed by atoms with Crippen molar-refractivity contribution in [1.29, 1.82) is 0 Å². The van der Waals surface area contributed by atoms with Crippen LogP contribution < -0.4 is 5.32 Å². The second-order valence-corrected chi connectivity index (χ2v) is 7.65. The highest BCUT2D eigenvalue weighted by Crippen LogP contribution is 2.31. The lowest BCUT2D eigenvalue weighted by Crippen LogP contribution is -2.37. The number of hydrogen-bond donors (Lipinski definition) is 1. The van der Waals surface area contributed by atoms with E-state index in [1.54, 1.807) is 0 Å². The van der Waals surface area contributed by atoms with Crippen molar-refractivity contribution in [3.05, 3.63) is 0 Å². The molecule has 2 saturated heterocycles. The zero-order valence-electron chi connectivity index (χ0n) is 10.8. The number of hydrogen-bond acceptors (Lipinski definition) is 3. The van der Waals surface area contributed by atoms with Gasteiger partial charge in [-0.3, -0.25) is 0 Å². The minimum Gasteiger partial charge on any atom is -0.317 e. The average Bonchev–Trinajstić information content (AvgIpc) is 2.42. The van der Waals surface area contributed by atoms with Crippen LogP contribution in [0.1, 0.15) is 33.1 Å². The van der Waals surface area contributed by atoms with Crippen LogP contribution in [0.4, 0.5) is 0 Å². The SMILES string of the molecule is CC1(C)CCN(CC2CCNCC2)CCS1. The molecule has 0 aromatic rings. The summed E-state index contributed by atoms with van der Waals surface area (Å²) >= 11 is 2.15. The van der Waals surface area contributed by atoms with Gasteiger partial charge < -0.3 is 10.2 Å². The maximum Gasteiger partial charge on any atom is 0.0116 e. The second kappa shape index (κ2) is 5.74. The summed E-state index contributed by atoms with van der Waals surface area (Å²) in [5.74, 6) is 2.27. The van der Waals surface area contributed by atoms with Crippen molar-refractivity contribution in [2.45, 2.75) is 37.9 Å². The Labute approximate surface area is 105 Å². The van der Waals surface area contributed by atoms with Gasteiger partial charge in [0.05, 0.1) is 0 Å². The van der Waals surface area contributed by atoms with Crippen LogP contribution in [0.3, 0.4) is 0 Å². The van der Waals surface area contributed by atoms with E-state index in [0.29, 0.717) is 4.75 Å². The Bertz CT molecular complexity index is 212. The summed E-state index contributed by atoms with van der Waals surface area (Å²) in [7, 11) is 0. The Balaban J connectivity index is 1.76. The van der Waals surface area contributed by atoms with Crippen LogP contribution in [-0.4, -0.2) is 48.1 Å². The van der Waals surface area contributed by atoms with Crippen LogP contribution in [0.25, 0.3) is 0 Å². The quantitative estimate of drug-likeness (QED) is 0.799. The first-order valence-corrected chi connectivity index (χ1v) is 7.71. The molecule has 2 fully saturated rings.